The van der Waals surface area contributed by atoms with E-state index in [-0.39, 0.29) is 30.4 Å². The van der Waals surface area contributed by atoms with E-state index in [0.717, 1.165) is 25.1 Å². The molecule has 1 saturated heterocycles. The van der Waals surface area contributed by atoms with Crippen LogP contribution in [-0.2, 0) is 4.79 Å². The van der Waals surface area contributed by atoms with Crippen molar-refractivity contribution < 1.29 is 4.79 Å². The summed E-state index contributed by atoms with van der Waals surface area (Å²) in [6.07, 6.45) is 0.988. The molecule has 2 atom stereocenters. The first kappa shape index (κ1) is 16.0. The molecule has 2 rings (SSSR count). The molecule has 0 aliphatic carbocycles. The first-order valence-corrected chi connectivity index (χ1v) is 6.47. The third kappa shape index (κ3) is 4.82. The fourth-order valence-electron chi connectivity index (χ4n) is 2.32. The quantitative estimate of drug-likeness (QED) is 0.876. The predicted molar refractivity (Wildman–Crippen MR) is 79.3 cm³/mol. The van der Waals surface area contributed by atoms with Gasteiger partial charge in [0.15, 0.2) is 0 Å². The normalized spacial score (nSPS) is 20.6. The number of nitrogens with two attached hydrogens (primary N) is 1. The van der Waals surface area contributed by atoms with Crippen molar-refractivity contribution in [3.05, 3.63) is 35.9 Å². The Morgan fingerprint density at radius 1 is 1.47 bits per heavy atom. The monoisotopic (exact) mass is 283 g/mol. The minimum Gasteiger partial charge on any atom is -0.348 e. The molecule has 0 aromatic heterocycles. The largest absolute Gasteiger partial charge is 0.348 e. The van der Waals surface area contributed by atoms with Crippen LogP contribution in [0.25, 0.3) is 0 Å². The van der Waals surface area contributed by atoms with Gasteiger partial charge in [0, 0.05) is 19.1 Å². The van der Waals surface area contributed by atoms with Crippen molar-refractivity contribution in [2.24, 2.45) is 5.73 Å². The number of hydrogen-bond donors (Lipinski definition) is 2. The summed E-state index contributed by atoms with van der Waals surface area (Å²) in [5, 5.41) is 3.02. The number of nitrogens with one attached hydrogen (secondary N) is 1. The van der Waals surface area contributed by atoms with E-state index in [1.807, 2.05) is 37.3 Å². The van der Waals surface area contributed by atoms with Crippen LogP contribution in [0.5, 0.6) is 0 Å². The molecule has 1 fully saturated rings. The number of likely N-dealkylation sites (tertiary alicyclic amines) is 1. The first-order chi connectivity index (χ1) is 8.65. The number of amides is 1. The summed E-state index contributed by atoms with van der Waals surface area (Å²) in [6, 6.07) is 10.3. The van der Waals surface area contributed by atoms with Crippen molar-refractivity contribution in [1.29, 1.82) is 0 Å². The van der Waals surface area contributed by atoms with Crippen molar-refractivity contribution in [3.8, 4) is 0 Å². The van der Waals surface area contributed by atoms with E-state index in [2.05, 4.69) is 10.2 Å². The lowest BCUT2D eigenvalue weighted by atomic mass is 10.1. The van der Waals surface area contributed by atoms with E-state index < -0.39 is 0 Å². The predicted octanol–water partition coefficient (Wildman–Crippen LogP) is 1.32. The molecule has 1 aliphatic heterocycles. The fraction of sp³-hybridized carbons (Fsp3) is 0.500. The highest BCUT2D eigenvalue weighted by Crippen LogP contribution is 2.11. The van der Waals surface area contributed by atoms with Crippen molar-refractivity contribution in [1.82, 2.24) is 10.2 Å². The van der Waals surface area contributed by atoms with Gasteiger partial charge in [-0.2, -0.15) is 0 Å². The molecule has 1 aromatic rings. The SMILES string of the molecule is CC(NC(=O)CN1CC[C@H](N)C1)c1ccccc1.Cl. The summed E-state index contributed by atoms with van der Waals surface area (Å²) < 4.78 is 0. The van der Waals surface area contributed by atoms with Crippen LogP contribution in [0.1, 0.15) is 24.9 Å². The molecule has 1 unspecified atom stereocenters. The maximum atomic E-state index is 11.9. The molecule has 106 valence electrons. The van der Waals surface area contributed by atoms with E-state index in [4.69, 9.17) is 5.73 Å². The molecule has 4 nitrogen and oxygen atoms in total. The van der Waals surface area contributed by atoms with Crippen LogP contribution in [0.15, 0.2) is 30.3 Å². The second kappa shape index (κ2) is 7.48. The smallest absolute Gasteiger partial charge is 0.234 e. The summed E-state index contributed by atoms with van der Waals surface area (Å²) in [5.74, 6) is 0.0699. The highest BCUT2D eigenvalue weighted by atomic mass is 35.5. The van der Waals surface area contributed by atoms with Crippen LogP contribution >= 0.6 is 12.4 Å². The van der Waals surface area contributed by atoms with Gasteiger partial charge in [0.1, 0.15) is 0 Å². The van der Waals surface area contributed by atoms with Gasteiger partial charge in [-0.05, 0) is 18.9 Å². The molecular formula is C14H22ClN3O. The van der Waals surface area contributed by atoms with Gasteiger partial charge in [0.25, 0.3) is 0 Å². The fourth-order valence-corrected chi connectivity index (χ4v) is 2.32. The van der Waals surface area contributed by atoms with Gasteiger partial charge in [-0.15, -0.1) is 12.4 Å². The molecule has 0 bridgehead atoms. The number of nitrogens with zero attached hydrogens (tertiary/aromatic N) is 1. The van der Waals surface area contributed by atoms with E-state index in [0.29, 0.717) is 6.54 Å². The summed E-state index contributed by atoms with van der Waals surface area (Å²) in [4.78, 5) is 14.0. The van der Waals surface area contributed by atoms with Gasteiger partial charge >= 0.3 is 0 Å². The van der Waals surface area contributed by atoms with Crippen LogP contribution in [-0.4, -0.2) is 36.5 Å². The Hall–Kier alpha value is -1.10. The maximum absolute atomic E-state index is 11.9. The maximum Gasteiger partial charge on any atom is 0.234 e. The average molecular weight is 284 g/mol. The Bertz CT molecular complexity index is 399. The summed E-state index contributed by atoms with van der Waals surface area (Å²) in [5.41, 5.74) is 6.95. The van der Waals surface area contributed by atoms with E-state index in [1.54, 1.807) is 0 Å². The Labute approximate surface area is 120 Å². The Morgan fingerprint density at radius 3 is 2.74 bits per heavy atom. The average Bonchev–Trinajstić information content (AvgIpc) is 2.75. The highest BCUT2D eigenvalue weighted by molar-refractivity contribution is 5.85. The molecule has 0 saturated carbocycles. The molecule has 1 heterocycles. The van der Waals surface area contributed by atoms with Crippen molar-refractivity contribution in [3.63, 3.8) is 0 Å². The highest BCUT2D eigenvalue weighted by Gasteiger charge is 2.21. The molecule has 0 spiro atoms. The number of carbonyl (C=O) groups is 1. The van der Waals surface area contributed by atoms with Crippen LogP contribution in [0.4, 0.5) is 0 Å². The van der Waals surface area contributed by atoms with Crippen LogP contribution < -0.4 is 11.1 Å². The molecule has 1 amide bonds. The Kier molecular flexibility index (Phi) is 6.28. The van der Waals surface area contributed by atoms with Gasteiger partial charge in [0.2, 0.25) is 5.91 Å². The second-order valence-electron chi connectivity index (χ2n) is 4.98. The summed E-state index contributed by atoms with van der Waals surface area (Å²) >= 11 is 0. The van der Waals surface area contributed by atoms with Gasteiger partial charge < -0.3 is 11.1 Å². The van der Waals surface area contributed by atoms with E-state index >= 15 is 0 Å². The number of carbonyl (C=O) groups excluding carboxylic acids is 1. The molecule has 1 aliphatic rings. The number of hydrogen-bond acceptors (Lipinski definition) is 3. The van der Waals surface area contributed by atoms with Crippen LogP contribution in [0, 0.1) is 0 Å². The van der Waals surface area contributed by atoms with Gasteiger partial charge in [-0.25, -0.2) is 0 Å². The summed E-state index contributed by atoms with van der Waals surface area (Å²) in [7, 11) is 0. The second-order valence-corrected chi connectivity index (χ2v) is 4.98. The van der Waals surface area contributed by atoms with Gasteiger partial charge in [-0.3, -0.25) is 9.69 Å². The molecule has 0 radical (unpaired) electrons. The van der Waals surface area contributed by atoms with E-state index in [1.165, 1.54) is 0 Å². The lowest BCUT2D eigenvalue weighted by Crippen LogP contribution is -2.38. The lowest BCUT2D eigenvalue weighted by Gasteiger charge is -2.18. The molecule has 5 heteroatoms. The van der Waals surface area contributed by atoms with Gasteiger partial charge in [-0.1, -0.05) is 30.3 Å². The number of benzene rings is 1. The standard InChI is InChI=1S/C14H21N3O.ClH/c1-11(12-5-3-2-4-6-12)16-14(18)10-17-8-7-13(15)9-17;/h2-6,11,13H,7-10,15H2,1H3,(H,16,18);1H/t11?,13-;/m0./s1. The van der Waals surface area contributed by atoms with Crippen molar-refractivity contribution in [2.75, 3.05) is 19.6 Å². The molecule has 3 N–H and O–H groups in total. The Balaban J connectivity index is 0.00000180. The number of rotatable bonds is 4. The zero-order valence-corrected chi connectivity index (χ0v) is 12.0. The van der Waals surface area contributed by atoms with E-state index in [9.17, 15) is 4.79 Å². The minimum atomic E-state index is 0. The van der Waals surface area contributed by atoms with Crippen molar-refractivity contribution in [2.45, 2.75) is 25.4 Å². The lowest BCUT2D eigenvalue weighted by molar-refractivity contribution is -0.122. The first-order valence-electron chi connectivity index (χ1n) is 6.47. The molecule has 1 aromatic carbocycles. The van der Waals surface area contributed by atoms with Gasteiger partial charge in [0.05, 0.1) is 12.6 Å². The minimum absolute atomic E-state index is 0. The molecule has 19 heavy (non-hydrogen) atoms. The summed E-state index contributed by atoms with van der Waals surface area (Å²) in [6.45, 7) is 4.20. The van der Waals surface area contributed by atoms with Crippen LogP contribution in [0.3, 0.4) is 0 Å². The zero-order valence-electron chi connectivity index (χ0n) is 11.2. The third-order valence-electron chi connectivity index (χ3n) is 3.35. The third-order valence-corrected chi connectivity index (χ3v) is 3.35. The zero-order chi connectivity index (χ0) is 13.0. The Morgan fingerprint density at radius 2 is 2.16 bits per heavy atom. The number of halogens is 1. The topological polar surface area (TPSA) is 58.4 Å². The molecular weight excluding hydrogens is 262 g/mol. The van der Waals surface area contributed by atoms with Crippen molar-refractivity contribution >= 4 is 18.3 Å². The van der Waals surface area contributed by atoms with Crippen LogP contribution in [0.2, 0.25) is 0 Å².